The number of guanidine groups is 1. The largest absolute Gasteiger partial charge is 0.332 e. The molecule has 2 unspecified atom stereocenters. The zero-order valence-corrected chi connectivity index (χ0v) is 17.4. The molecule has 5 rings (SSSR count). The van der Waals surface area contributed by atoms with Crippen LogP contribution in [-0.4, -0.2) is 27.8 Å². The molecule has 154 valence electrons. The number of thiazole rings is 1. The van der Waals surface area contributed by atoms with Crippen molar-refractivity contribution >= 4 is 39.1 Å². The highest BCUT2D eigenvalue weighted by Gasteiger charge is 2.41. The van der Waals surface area contributed by atoms with Crippen LogP contribution in [-0.2, 0) is 4.79 Å². The molecule has 2 aromatic carbocycles. The van der Waals surface area contributed by atoms with Gasteiger partial charge in [-0.2, -0.15) is 0 Å². The predicted molar refractivity (Wildman–Crippen MR) is 113 cm³/mol. The number of amides is 1. The van der Waals surface area contributed by atoms with Gasteiger partial charge in [-0.3, -0.25) is 10.1 Å². The maximum absolute atomic E-state index is 13.9. The van der Waals surface area contributed by atoms with Crippen LogP contribution in [0.3, 0.4) is 0 Å². The number of rotatable bonds is 2. The highest BCUT2D eigenvalue weighted by molar-refractivity contribution is 7.18. The van der Waals surface area contributed by atoms with E-state index in [2.05, 4.69) is 10.3 Å². The van der Waals surface area contributed by atoms with Crippen molar-refractivity contribution in [3.63, 3.8) is 0 Å². The van der Waals surface area contributed by atoms with Crippen LogP contribution in [0.1, 0.15) is 41.4 Å². The van der Waals surface area contributed by atoms with E-state index < -0.39 is 11.6 Å². The third-order valence-electron chi connectivity index (χ3n) is 5.73. The zero-order valence-electron chi connectivity index (χ0n) is 16.6. The molecule has 3 heterocycles. The summed E-state index contributed by atoms with van der Waals surface area (Å²) in [4.78, 5) is 23.6. The topological polar surface area (TPSA) is 57.6 Å². The Morgan fingerprint density at radius 2 is 1.90 bits per heavy atom. The van der Waals surface area contributed by atoms with Crippen molar-refractivity contribution in [1.82, 2.24) is 15.2 Å². The Labute approximate surface area is 176 Å². The van der Waals surface area contributed by atoms with Crippen LogP contribution in [0.15, 0.2) is 35.3 Å². The molecule has 1 N–H and O–H groups in total. The average molecular weight is 426 g/mol. The van der Waals surface area contributed by atoms with Crippen LogP contribution in [0.25, 0.3) is 10.2 Å². The Kier molecular flexibility index (Phi) is 4.54. The summed E-state index contributed by atoms with van der Waals surface area (Å²) in [5.74, 6) is -0.856. The summed E-state index contributed by atoms with van der Waals surface area (Å²) in [6, 6.07) is 7.29. The molecule has 3 aromatic rings. The maximum Gasteiger partial charge on any atom is 0.228 e. The summed E-state index contributed by atoms with van der Waals surface area (Å²) in [7, 11) is 0. The van der Waals surface area contributed by atoms with Gasteiger partial charge in [-0.1, -0.05) is 0 Å². The van der Waals surface area contributed by atoms with Gasteiger partial charge >= 0.3 is 0 Å². The summed E-state index contributed by atoms with van der Waals surface area (Å²) in [5.41, 5.74) is 3.19. The fourth-order valence-electron chi connectivity index (χ4n) is 4.46. The number of carbonyl (C=O) groups excluding carboxylic acids is 1. The Morgan fingerprint density at radius 1 is 1.13 bits per heavy atom. The Balaban J connectivity index is 1.58. The van der Waals surface area contributed by atoms with E-state index in [0.29, 0.717) is 24.4 Å². The molecule has 0 bridgehead atoms. The third kappa shape index (κ3) is 3.35. The van der Waals surface area contributed by atoms with E-state index in [-0.39, 0.29) is 18.0 Å². The molecule has 0 radical (unpaired) electrons. The molecule has 30 heavy (non-hydrogen) atoms. The zero-order chi connectivity index (χ0) is 21.0. The minimum atomic E-state index is -0.602. The van der Waals surface area contributed by atoms with E-state index in [4.69, 9.17) is 4.99 Å². The Hall–Kier alpha value is -2.87. The van der Waals surface area contributed by atoms with Crippen LogP contribution < -0.4 is 5.32 Å². The molecule has 2 fully saturated rings. The number of aliphatic imine (C=N–C) groups is 1. The van der Waals surface area contributed by atoms with E-state index in [0.717, 1.165) is 39.0 Å². The quantitative estimate of drug-likeness (QED) is 0.634. The minimum absolute atomic E-state index is 0.0384. The summed E-state index contributed by atoms with van der Waals surface area (Å²) >= 11 is 1.59. The molecule has 0 saturated carbocycles. The molecule has 2 saturated heterocycles. The standard InChI is InChI=1S/C22H20F2N4OS/c1-11-5-18-20(30-12(2)25-18)10-17(11)26-22-27-21(29)9-16-3-4-19(28(16)22)13-6-14(23)8-15(24)7-13/h5-8,10,16,19H,3-4,9H2,1-2H3,(H,26,27,29). The SMILES string of the molecule is Cc1nc2cc(C)c(N=C3NC(=O)CC4CCC(c5cc(F)cc(F)c5)N34)cc2s1. The van der Waals surface area contributed by atoms with Gasteiger partial charge in [-0.15, -0.1) is 11.3 Å². The van der Waals surface area contributed by atoms with Crippen molar-refractivity contribution in [3.8, 4) is 0 Å². The lowest BCUT2D eigenvalue weighted by atomic mass is 10.0. The van der Waals surface area contributed by atoms with E-state index in [9.17, 15) is 13.6 Å². The van der Waals surface area contributed by atoms with Crippen molar-refractivity contribution in [2.45, 2.75) is 45.2 Å². The van der Waals surface area contributed by atoms with E-state index in [1.165, 1.54) is 12.1 Å². The second-order valence-corrected chi connectivity index (χ2v) is 9.12. The lowest BCUT2D eigenvalue weighted by Gasteiger charge is -2.37. The molecule has 2 aliphatic rings. The van der Waals surface area contributed by atoms with Gasteiger partial charge in [0.1, 0.15) is 11.6 Å². The number of fused-ring (bicyclic) bond motifs is 2. The number of aromatic nitrogens is 1. The van der Waals surface area contributed by atoms with Gasteiger partial charge in [0.25, 0.3) is 0 Å². The Bertz CT molecular complexity index is 1190. The molecule has 0 spiro atoms. The first-order valence-corrected chi connectivity index (χ1v) is 10.7. The molecule has 8 heteroatoms. The van der Waals surface area contributed by atoms with Gasteiger partial charge < -0.3 is 4.90 Å². The summed E-state index contributed by atoms with van der Waals surface area (Å²) in [5, 5.41) is 3.86. The lowest BCUT2D eigenvalue weighted by Crippen LogP contribution is -2.53. The van der Waals surface area contributed by atoms with Crippen molar-refractivity contribution in [1.29, 1.82) is 0 Å². The summed E-state index contributed by atoms with van der Waals surface area (Å²) in [6.07, 6.45) is 1.81. The monoisotopic (exact) mass is 426 g/mol. The van der Waals surface area contributed by atoms with Gasteiger partial charge in [-0.05, 0) is 62.1 Å². The fourth-order valence-corrected chi connectivity index (χ4v) is 5.30. The number of hydrogen-bond donors (Lipinski definition) is 1. The van der Waals surface area contributed by atoms with Crippen LogP contribution in [0.4, 0.5) is 14.5 Å². The first kappa shape index (κ1) is 19.1. The van der Waals surface area contributed by atoms with Crippen LogP contribution >= 0.6 is 11.3 Å². The van der Waals surface area contributed by atoms with E-state index >= 15 is 0 Å². The smallest absolute Gasteiger partial charge is 0.228 e. The number of benzene rings is 2. The number of aryl methyl sites for hydroxylation is 2. The number of carbonyl (C=O) groups is 1. The molecule has 1 amide bonds. The normalized spacial score (nSPS) is 22.6. The molecular formula is C22H20F2N4OS. The van der Waals surface area contributed by atoms with E-state index in [1.807, 2.05) is 30.9 Å². The second kappa shape index (κ2) is 7.12. The summed E-state index contributed by atoms with van der Waals surface area (Å²) < 4.78 is 28.7. The molecule has 1 aromatic heterocycles. The van der Waals surface area contributed by atoms with Crippen LogP contribution in [0.5, 0.6) is 0 Å². The van der Waals surface area contributed by atoms with Gasteiger partial charge in [0.2, 0.25) is 11.9 Å². The van der Waals surface area contributed by atoms with Gasteiger partial charge in [-0.25, -0.2) is 18.8 Å². The van der Waals surface area contributed by atoms with Gasteiger partial charge in [0.15, 0.2) is 0 Å². The van der Waals surface area contributed by atoms with Gasteiger partial charge in [0.05, 0.1) is 27.0 Å². The van der Waals surface area contributed by atoms with Crippen molar-refractivity contribution in [2.24, 2.45) is 4.99 Å². The second-order valence-electron chi connectivity index (χ2n) is 7.88. The lowest BCUT2D eigenvalue weighted by molar-refractivity contribution is -0.121. The minimum Gasteiger partial charge on any atom is -0.332 e. The molecule has 5 nitrogen and oxygen atoms in total. The number of halogens is 2. The molecular weight excluding hydrogens is 406 g/mol. The van der Waals surface area contributed by atoms with Crippen LogP contribution in [0.2, 0.25) is 0 Å². The predicted octanol–water partition coefficient (Wildman–Crippen LogP) is 4.90. The van der Waals surface area contributed by atoms with Crippen molar-refractivity contribution in [2.75, 3.05) is 0 Å². The average Bonchev–Trinajstić information content (AvgIpc) is 3.23. The molecule has 2 aliphatic heterocycles. The van der Waals surface area contributed by atoms with Crippen molar-refractivity contribution in [3.05, 3.63) is 58.1 Å². The Morgan fingerprint density at radius 3 is 2.67 bits per heavy atom. The van der Waals surface area contributed by atoms with Crippen LogP contribution in [0, 0.1) is 25.5 Å². The fraction of sp³-hybridized carbons (Fsp3) is 0.318. The van der Waals surface area contributed by atoms with E-state index in [1.54, 1.807) is 11.3 Å². The molecule has 0 aliphatic carbocycles. The summed E-state index contributed by atoms with van der Waals surface area (Å²) in [6.45, 7) is 3.92. The number of hydrogen-bond acceptors (Lipinski definition) is 4. The highest BCUT2D eigenvalue weighted by atomic mass is 32.1. The number of nitrogens with one attached hydrogen (secondary N) is 1. The van der Waals surface area contributed by atoms with Crippen molar-refractivity contribution < 1.29 is 13.6 Å². The first-order valence-electron chi connectivity index (χ1n) is 9.88. The van der Waals surface area contributed by atoms with Gasteiger partial charge in [0, 0.05) is 18.5 Å². The third-order valence-corrected chi connectivity index (χ3v) is 6.66. The molecule has 2 atom stereocenters. The number of nitrogens with zero attached hydrogens (tertiary/aromatic N) is 3. The highest BCUT2D eigenvalue weighted by Crippen LogP contribution is 2.40. The maximum atomic E-state index is 13.9. The first-order chi connectivity index (χ1) is 14.4.